The van der Waals surface area contributed by atoms with Gasteiger partial charge in [-0.3, -0.25) is 0 Å². The number of benzene rings is 1. The molecule has 1 aliphatic rings. The molecule has 1 N–H and O–H groups in total. The van der Waals surface area contributed by atoms with Crippen molar-refractivity contribution in [1.29, 1.82) is 0 Å². The minimum atomic E-state index is 0.466. The molecule has 2 nitrogen and oxygen atoms in total. The summed E-state index contributed by atoms with van der Waals surface area (Å²) in [5, 5.41) is 3.65. The van der Waals surface area contributed by atoms with Crippen LogP contribution in [0.4, 0.5) is 0 Å². The minimum Gasteiger partial charge on any atom is -0.496 e. The Kier molecular flexibility index (Phi) is 4.06. The van der Waals surface area contributed by atoms with Crippen LogP contribution in [-0.2, 0) is 0 Å². The van der Waals surface area contributed by atoms with Crippen molar-refractivity contribution in [3.8, 4) is 5.75 Å². The van der Waals surface area contributed by atoms with Gasteiger partial charge in [0.25, 0.3) is 0 Å². The fraction of sp³-hybridized carbons (Fsp3) is 0.600. The summed E-state index contributed by atoms with van der Waals surface area (Å²) >= 11 is 0. The van der Waals surface area contributed by atoms with E-state index in [1.165, 1.54) is 42.4 Å². The van der Waals surface area contributed by atoms with Crippen molar-refractivity contribution in [2.24, 2.45) is 0 Å². The molecule has 0 spiro atoms. The molecular weight excluding hydrogens is 210 g/mol. The standard InChI is InChI=1S/C15H23NO/c1-11-9-12(2)15(14(10-11)17-3)13-7-5-4-6-8-16-13/h9-10,13,16H,4-8H2,1-3H3. The highest BCUT2D eigenvalue weighted by atomic mass is 16.5. The zero-order valence-electron chi connectivity index (χ0n) is 11.2. The second-order valence-corrected chi connectivity index (χ2v) is 5.05. The number of hydrogen-bond acceptors (Lipinski definition) is 2. The predicted molar refractivity (Wildman–Crippen MR) is 71.7 cm³/mol. The van der Waals surface area contributed by atoms with Crippen molar-refractivity contribution in [3.05, 3.63) is 28.8 Å². The second kappa shape index (κ2) is 5.54. The zero-order chi connectivity index (χ0) is 12.3. The Balaban J connectivity index is 2.34. The van der Waals surface area contributed by atoms with E-state index in [4.69, 9.17) is 4.74 Å². The molecule has 1 aromatic carbocycles. The molecule has 1 aromatic rings. The summed E-state index contributed by atoms with van der Waals surface area (Å²) in [6.07, 6.45) is 5.18. The maximum absolute atomic E-state index is 5.56. The Labute approximate surface area is 104 Å². The molecule has 94 valence electrons. The highest BCUT2D eigenvalue weighted by Crippen LogP contribution is 2.33. The Morgan fingerprint density at radius 2 is 2.00 bits per heavy atom. The zero-order valence-corrected chi connectivity index (χ0v) is 11.2. The van der Waals surface area contributed by atoms with Crippen LogP contribution in [0.25, 0.3) is 0 Å². The van der Waals surface area contributed by atoms with Gasteiger partial charge in [-0.15, -0.1) is 0 Å². The van der Waals surface area contributed by atoms with Crippen molar-refractivity contribution in [2.45, 2.75) is 45.6 Å². The molecule has 1 fully saturated rings. The monoisotopic (exact) mass is 233 g/mol. The van der Waals surface area contributed by atoms with Gasteiger partial charge in [0.05, 0.1) is 7.11 Å². The number of aryl methyl sites for hydroxylation is 2. The highest BCUT2D eigenvalue weighted by molar-refractivity contribution is 5.45. The summed E-state index contributed by atoms with van der Waals surface area (Å²) in [5.74, 6) is 1.04. The molecule has 17 heavy (non-hydrogen) atoms. The van der Waals surface area contributed by atoms with Gasteiger partial charge in [0.1, 0.15) is 5.75 Å². The lowest BCUT2D eigenvalue weighted by Crippen LogP contribution is -2.21. The summed E-state index contributed by atoms with van der Waals surface area (Å²) in [4.78, 5) is 0. The number of nitrogens with one attached hydrogen (secondary N) is 1. The normalized spacial score (nSPS) is 21.0. The second-order valence-electron chi connectivity index (χ2n) is 5.05. The fourth-order valence-corrected chi connectivity index (χ4v) is 2.83. The van der Waals surface area contributed by atoms with Crippen molar-refractivity contribution in [3.63, 3.8) is 0 Å². The summed E-state index contributed by atoms with van der Waals surface area (Å²) < 4.78 is 5.56. The molecule has 1 atom stereocenters. The Morgan fingerprint density at radius 3 is 2.76 bits per heavy atom. The van der Waals surface area contributed by atoms with Gasteiger partial charge in [0.15, 0.2) is 0 Å². The Hall–Kier alpha value is -1.02. The van der Waals surface area contributed by atoms with Gasteiger partial charge in [0.2, 0.25) is 0 Å². The van der Waals surface area contributed by atoms with Crippen LogP contribution >= 0.6 is 0 Å². The van der Waals surface area contributed by atoms with E-state index < -0.39 is 0 Å². The molecule has 0 bridgehead atoms. The molecule has 1 heterocycles. The first-order valence-corrected chi connectivity index (χ1v) is 6.61. The van der Waals surface area contributed by atoms with Crippen LogP contribution in [0.15, 0.2) is 12.1 Å². The lowest BCUT2D eigenvalue weighted by molar-refractivity contribution is 0.396. The first kappa shape index (κ1) is 12.4. The quantitative estimate of drug-likeness (QED) is 0.844. The Bertz CT molecular complexity index is 379. The SMILES string of the molecule is COc1cc(C)cc(C)c1C1CCCCCN1. The van der Waals surface area contributed by atoms with E-state index in [0.29, 0.717) is 6.04 Å². The lowest BCUT2D eigenvalue weighted by atomic mass is 9.95. The number of methoxy groups -OCH3 is 1. The average Bonchev–Trinajstić information content (AvgIpc) is 2.56. The van der Waals surface area contributed by atoms with E-state index in [9.17, 15) is 0 Å². The van der Waals surface area contributed by atoms with Gasteiger partial charge < -0.3 is 10.1 Å². The largest absolute Gasteiger partial charge is 0.496 e. The van der Waals surface area contributed by atoms with Crippen LogP contribution < -0.4 is 10.1 Å². The minimum absolute atomic E-state index is 0.466. The summed E-state index contributed by atoms with van der Waals surface area (Å²) in [5.41, 5.74) is 3.98. The van der Waals surface area contributed by atoms with Crippen LogP contribution in [0.3, 0.4) is 0 Å². The van der Waals surface area contributed by atoms with Crippen LogP contribution in [0, 0.1) is 13.8 Å². The first-order valence-electron chi connectivity index (χ1n) is 6.61. The number of ether oxygens (including phenoxy) is 1. The molecule has 0 aliphatic carbocycles. The van der Waals surface area contributed by atoms with Crippen LogP contribution in [0.5, 0.6) is 5.75 Å². The molecule has 1 saturated heterocycles. The topological polar surface area (TPSA) is 21.3 Å². The summed E-state index contributed by atoms with van der Waals surface area (Å²) in [6, 6.07) is 4.87. The third-order valence-corrected chi connectivity index (χ3v) is 3.62. The maximum Gasteiger partial charge on any atom is 0.124 e. The third kappa shape index (κ3) is 2.81. The van der Waals surface area contributed by atoms with Crippen molar-refractivity contribution in [1.82, 2.24) is 5.32 Å². The highest BCUT2D eigenvalue weighted by Gasteiger charge is 2.19. The molecule has 1 aliphatic heterocycles. The van der Waals surface area contributed by atoms with Crippen LogP contribution in [0.2, 0.25) is 0 Å². The predicted octanol–water partition coefficient (Wildman–Crippen LogP) is 3.52. The van der Waals surface area contributed by atoms with Crippen LogP contribution in [-0.4, -0.2) is 13.7 Å². The molecular formula is C15H23NO. The molecule has 0 saturated carbocycles. The van der Waals surface area contributed by atoms with E-state index in [-0.39, 0.29) is 0 Å². The van der Waals surface area contributed by atoms with E-state index in [1.54, 1.807) is 7.11 Å². The molecule has 0 radical (unpaired) electrons. The molecule has 2 heteroatoms. The van der Waals surface area contributed by atoms with Gasteiger partial charge in [-0.2, -0.15) is 0 Å². The van der Waals surface area contributed by atoms with Crippen LogP contribution in [0.1, 0.15) is 48.4 Å². The lowest BCUT2D eigenvalue weighted by Gasteiger charge is -2.22. The molecule has 1 unspecified atom stereocenters. The molecule has 0 aromatic heterocycles. The van der Waals surface area contributed by atoms with E-state index >= 15 is 0 Å². The first-order chi connectivity index (χ1) is 8.22. The van der Waals surface area contributed by atoms with Crippen molar-refractivity contribution < 1.29 is 4.74 Å². The molecule has 2 rings (SSSR count). The van der Waals surface area contributed by atoms with Crippen molar-refractivity contribution >= 4 is 0 Å². The molecule has 0 amide bonds. The maximum atomic E-state index is 5.56. The van der Waals surface area contributed by atoms with Gasteiger partial charge in [-0.1, -0.05) is 18.9 Å². The average molecular weight is 233 g/mol. The number of hydrogen-bond donors (Lipinski definition) is 1. The van der Waals surface area contributed by atoms with E-state index in [1.807, 2.05) is 0 Å². The third-order valence-electron chi connectivity index (χ3n) is 3.62. The van der Waals surface area contributed by atoms with Gasteiger partial charge in [-0.05, 0) is 50.4 Å². The Morgan fingerprint density at radius 1 is 1.18 bits per heavy atom. The van der Waals surface area contributed by atoms with E-state index in [2.05, 4.69) is 31.3 Å². The van der Waals surface area contributed by atoms with Gasteiger partial charge >= 0.3 is 0 Å². The van der Waals surface area contributed by atoms with Crippen molar-refractivity contribution in [2.75, 3.05) is 13.7 Å². The van der Waals surface area contributed by atoms with Gasteiger partial charge in [-0.25, -0.2) is 0 Å². The summed E-state index contributed by atoms with van der Waals surface area (Å²) in [6.45, 7) is 5.44. The fourth-order valence-electron chi connectivity index (χ4n) is 2.83. The summed E-state index contributed by atoms with van der Waals surface area (Å²) in [7, 11) is 1.77. The van der Waals surface area contributed by atoms with E-state index in [0.717, 1.165) is 12.3 Å². The smallest absolute Gasteiger partial charge is 0.124 e. The number of rotatable bonds is 2. The van der Waals surface area contributed by atoms with Gasteiger partial charge in [0, 0.05) is 11.6 Å².